The SMILES string of the molecule is COCCCN(C)c1ccc(S(=O)(=O)NCCN(C)C)cc1[N+](=O)[O-]. The molecule has 1 aromatic rings. The number of nitro groups is 1. The summed E-state index contributed by atoms with van der Waals surface area (Å²) < 4.78 is 32.0. The second kappa shape index (κ2) is 9.66. The Morgan fingerprint density at radius 2 is 1.92 bits per heavy atom. The number of sulfonamides is 1. The largest absolute Gasteiger partial charge is 0.385 e. The van der Waals surface area contributed by atoms with E-state index in [1.54, 1.807) is 19.1 Å². The van der Waals surface area contributed by atoms with Gasteiger partial charge in [-0.2, -0.15) is 0 Å². The molecular formula is C15H26N4O5S. The molecule has 0 atom stereocenters. The Hall–Kier alpha value is -1.75. The zero-order valence-electron chi connectivity index (χ0n) is 15.1. The summed E-state index contributed by atoms with van der Waals surface area (Å²) >= 11 is 0. The average molecular weight is 374 g/mol. The smallest absolute Gasteiger partial charge is 0.293 e. The molecule has 0 unspecified atom stereocenters. The molecule has 10 heteroatoms. The van der Waals surface area contributed by atoms with Crippen molar-refractivity contribution in [1.29, 1.82) is 0 Å². The molecule has 0 aliphatic heterocycles. The van der Waals surface area contributed by atoms with Gasteiger partial charge in [0.1, 0.15) is 5.69 Å². The number of nitrogens with zero attached hydrogens (tertiary/aromatic N) is 3. The first-order valence-electron chi connectivity index (χ1n) is 7.82. The van der Waals surface area contributed by atoms with E-state index in [9.17, 15) is 18.5 Å². The van der Waals surface area contributed by atoms with E-state index in [0.29, 0.717) is 31.8 Å². The highest BCUT2D eigenvalue weighted by atomic mass is 32.2. The molecule has 1 rings (SSSR count). The highest BCUT2D eigenvalue weighted by molar-refractivity contribution is 7.89. The van der Waals surface area contributed by atoms with Crippen LogP contribution in [0.4, 0.5) is 11.4 Å². The first kappa shape index (κ1) is 21.3. The standard InChI is InChI=1S/C15H26N4O5S/c1-17(2)10-8-16-25(22,23)13-6-7-14(15(12-13)19(20)21)18(3)9-5-11-24-4/h6-7,12,16H,5,8-11H2,1-4H3. The number of ether oxygens (including phenoxy) is 1. The molecule has 0 aromatic heterocycles. The van der Waals surface area contributed by atoms with Gasteiger partial charge >= 0.3 is 0 Å². The van der Waals surface area contributed by atoms with Crippen molar-refractivity contribution in [3.8, 4) is 0 Å². The Morgan fingerprint density at radius 1 is 1.24 bits per heavy atom. The third kappa shape index (κ3) is 6.58. The molecular weight excluding hydrogens is 348 g/mol. The maximum Gasteiger partial charge on any atom is 0.293 e. The summed E-state index contributed by atoms with van der Waals surface area (Å²) in [4.78, 5) is 14.2. The van der Waals surface area contributed by atoms with Crippen LogP contribution in [0.2, 0.25) is 0 Å². The fraction of sp³-hybridized carbons (Fsp3) is 0.600. The van der Waals surface area contributed by atoms with Gasteiger partial charge in [0.15, 0.2) is 0 Å². The minimum atomic E-state index is -3.79. The van der Waals surface area contributed by atoms with Gasteiger partial charge in [-0.05, 0) is 32.6 Å². The fourth-order valence-corrected chi connectivity index (χ4v) is 3.23. The highest BCUT2D eigenvalue weighted by Crippen LogP contribution is 2.30. The van der Waals surface area contributed by atoms with Gasteiger partial charge in [-0.1, -0.05) is 0 Å². The number of methoxy groups -OCH3 is 1. The van der Waals surface area contributed by atoms with Crippen LogP contribution in [-0.4, -0.2) is 72.7 Å². The van der Waals surface area contributed by atoms with Gasteiger partial charge in [0.2, 0.25) is 10.0 Å². The van der Waals surface area contributed by atoms with Gasteiger partial charge in [-0.25, -0.2) is 13.1 Å². The van der Waals surface area contributed by atoms with E-state index in [0.717, 1.165) is 6.07 Å². The van der Waals surface area contributed by atoms with Crippen LogP contribution in [0.15, 0.2) is 23.1 Å². The number of likely N-dealkylation sites (N-methyl/N-ethyl adjacent to an activating group) is 1. The number of benzene rings is 1. The topological polar surface area (TPSA) is 105 Å². The quantitative estimate of drug-likeness (QED) is 0.349. The minimum Gasteiger partial charge on any atom is -0.385 e. The maximum absolute atomic E-state index is 12.3. The zero-order valence-corrected chi connectivity index (χ0v) is 15.9. The van der Waals surface area contributed by atoms with Crippen molar-refractivity contribution in [3.63, 3.8) is 0 Å². The zero-order chi connectivity index (χ0) is 19.0. The van der Waals surface area contributed by atoms with Gasteiger partial charge in [0.25, 0.3) is 5.69 Å². The van der Waals surface area contributed by atoms with Crippen molar-refractivity contribution in [3.05, 3.63) is 28.3 Å². The highest BCUT2D eigenvalue weighted by Gasteiger charge is 2.23. The van der Waals surface area contributed by atoms with Gasteiger partial charge in [0.05, 0.1) is 9.82 Å². The van der Waals surface area contributed by atoms with Crippen molar-refractivity contribution in [2.45, 2.75) is 11.3 Å². The van der Waals surface area contributed by atoms with E-state index in [-0.39, 0.29) is 17.1 Å². The molecule has 0 fully saturated rings. The summed E-state index contributed by atoms with van der Waals surface area (Å²) in [5.74, 6) is 0. The molecule has 0 aliphatic rings. The Balaban J connectivity index is 3.01. The molecule has 0 saturated carbocycles. The van der Waals surface area contributed by atoms with Crippen LogP contribution in [0.25, 0.3) is 0 Å². The van der Waals surface area contributed by atoms with Gasteiger partial charge in [0, 0.05) is 46.5 Å². The van der Waals surface area contributed by atoms with Gasteiger partial charge in [-0.15, -0.1) is 0 Å². The summed E-state index contributed by atoms with van der Waals surface area (Å²) in [5.41, 5.74) is 0.128. The molecule has 1 aromatic carbocycles. The Labute approximate surface area is 148 Å². The Morgan fingerprint density at radius 3 is 2.48 bits per heavy atom. The second-order valence-corrected chi connectivity index (χ2v) is 7.64. The van der Waals surface area contributed by atoms with Crippen LogP contribution in [0.1, 0.15) is 6.42 Å². The third-order valence-corrected chi connectivity index (χ3v) is 5.02. The van der Waals surface area contributed by atoms with Crippen LogP contribution in [0.5, 0.6) is 0 Å². The average Bonchev–Trinajstić information content (AvgIpc) is 2.53. The Kier molecular flexibility index (Phi) is 8.23. The molecule has 9 nitrogen and oxygen atoms in total. The lowest BCUT2D eigenvalue weighted by Gasteiger charge is -2.19. The number of hydrogen-bond donors (Lipinski definition) is 1. The first-order chi connectivity index (χ1) is 11.7. The van der Waals surface area contributed by atoms with Crippen molar-refractivity contribution in [1.82, 2.24) is 9.62 Å². The lowest BCUT2D eigenvalue weighted by molar-refractivity contribution is -0.384. The predicted octanol–water partition coefficient (Wildman–Crippen LogP) is 0.907. The van der Waals surface area contributed by atoms with Crippen LogP contribution >= 0.6 is 0 Å². The molecule has 25 heavy (non-hydrogen) atoms. The van der Waals surface area contributed by atoms with E-state index in [2.05, 4.69) is 4.72 Å². The normalized spacial score (nSPS) is 11.7. The summed E-state index contributed by atoms with van der Waals surface area (Å²) in [6.07, 6.45) is 0.705. The Bertz CT molecular complexity index is 678. The number of nitrogens with one attached hydrogen (secondary N) is 1. The van der Waals surface area contributed by atoms with E-state index in [1.807, 2.05) is 19.0 Å². The van der Waals surface area contributed by atoms with E-state index in [4.69, 9.17) is 4.74 Å². The molecule has 0 saturated heterocycles. The van der Waals surface area contributed by atoms with Crippen molar-refractivity contribution < 1.29 is 18.1 Å². The fourth-order valence-electron chi connectivity index (χ4n) is 2.19. The lowest BCUT2D eigenvalue weighted by Crippen LogP contribution is -2.31. The van der Waals surface area contributed by atoms with Crippen molar-refractivity contribution >= 4 is 21.4 Å². The molecule has 142 valence electrons. The van der Waals surface area contributed by atoms with Crippen LogP contribution in [-0.2, 0) is 14.8 Å². The lowest BCUT2D eigenvalue weighted by atomic mass is 10.2. The number of anilines is 1. The van der Waals surface area contributed by atoms with Crippen LogP contribution in [0.3, 0.4) is 0 Å². The van der Waals surface area contributed by atoms with E-state index in [1.165, 1.54) is 12.1 Å². The molecule has 0 aliphatic carbocycles. The van der Waals surface area contributed by atoms with Crippen LogP contribution in [0, 0.1) is 10.1 Å². The summed E-state index contributed by atoms with van der Waals surface area (Å²) in [6, 6.07) is 3.94. The predicted molar refractivity (Wildman–Crippen MR) is 96.6 cm³/mol. The van der Waals surface area contributed by atoms with Gasteiger partial charge in [-0.3, -0.25) is 10.1 Å². The first-order valence-corrected chi connectivity index (χ1v) is 9.30. The molecule has 0 spiro atoms. The second-order valence-electron chi connectivity index (χ2n) is 5.88. The number of hydrogen-bond acceptors (Lipinski definition) is 7. The molecule has 0 radical (unpaired) electrons. The third-order valence-electron chi connectivity index (χ3n) is 3.56. The number of rotatable bonds is 11. The van der Waals surface area contributed by atoms with Crippen LogP contribution < -0.4 is 9.62 Å². The molecule has 1 N–H and O–H groups in total. The van der Waals surface area contributed by atoms with E-state index >= 15 is 0 Å². The minimum absolute atomic E-state index is 0.119. The van der Waals surface area contributed by atoms with Gasteiger partial charge < -0.3 is 14.5 Å². The summed E-state index contributed by atoms with van der Waals surface area (Å²) in [6.45, 7) is 1.85. The summed E-state index contributed by atoms with van der Waals surface area (Å²) in [7, 11) is 3.17. The van der Waals surface area contributed by atoms with E-state index < -0.39 is 14.9 Å². The molecule has 0 bridgehead atoms. The monoisotopic (exact) mass is 374 g/mol. The van der Waals surface area contributed by atoms with Crippen molar-refractivity contribution in [2.75, 3.05) is 59.4 Å². The number of nitro benzene ring substituents is 1. The maximum atomic E-state index is 12.3. The molecule has 0 amide bonds. The molecule has 0 heterocycles. The summed E-state index contributed by atoms with van der Waals surface area (Å²) in [5, 5.41) is 11.4. The van der Waals surface area contributed by atoms with Crippen molar-refractivity contribution in [2.24, 2.45) is 0 Å².